The van der Waals surface area contributed by atoms with Crippen LogP contribution in [0.3, 0.4) is 0 Å². The van der Waals surface area contributed by atoms with Crippen LogP contribution in [0.4, 0.5) is 5.69 Å². The van der Waals surface area contributed by atoms with Gasteiger partial charge in [-0.1, -0.05) is 6.92 Å². The number of hydrogen-bond acceptors (Lipinski definition) is 6. The Labute approximate surface area is 189 Å². The van der Waals surface area contributed by atoms with E-state index in [-0.39, 0.29) is 17.2 Å². The molecule has 6 nitrogen and oxygen atoms in total. The van der Waals surface area contributed by atoms with Gasteiger partial charge in [0.25, 0.3) is 5.56 Å². The zero-order chi connectivity index (χ0) is 21.8. The van der Waals surface area contributed by atoms with Crippen molar-refractivity contribution < 1.29 is 9.53 Å². The zero-order valence-corrected chi connectivity index (χ0v) is 19.5. The van der Waals surface area contributed by atoms with Crippen LogP contribution in [0.25, 0.3) is 10.2 Å². The minimum atomic E-state index is -0.0784. The van der Waals surface area contributed by atoms with Gasteiger partial charge in [-0.05, 0) is 68.4 Å². The fraction of sp³-hybridized carbons (Fsp3) is 0.435. The number of hydrogen-bond donors (Lipinski definition) is 2. The Balaban J connectivity index is 1.34. The van der Waals surface area contributed by atoms with Gasteiger partial charge in [-0.15, -0.1) is 23.1 Å². The molecular weight excluding hydrogens is 430 g/mol. The number of nitrogens with zero attached hydrogens (tertiary/aromatic N) is 1. The van der Waals surface area contributed by atoms with E-state index in [9.17, 15) is 9.59 Å². The molecular formula is C23H27N3O3S2. The van der Waals surface area contributed by atoms with Crippen LogP contribution in [0.5, 0.6) is 5.75 Å². The molecule has 2 N–H and O–H groups in total. The molecule has 1 amide bonds. The van der Waals surface area contributed by atoms with E-state index in [1.54, 1.807) is 11.3 Å². The average molecular weight is 458 g/mol. The molecule has 1 aliphatic rings. The number of anilines is 1. The highest BCUT2D eigenvalue weighted by atomic mass is 32.2. The molecule has 0 spiro atoms. The Morgan fingerprint density at radius 3 is 2.97 bits per heavy atom. The van der Waals surface area contributed by atoms with Crippen molar-refractivity contribution in [2.45, 2.75) is 51.7 Å². The van der Waals surface area contributed by atoms with Crippen molar-refractivity contribution in [2.75, 3.05) is 17.7 Å². The average Bonchev–Trinajstić information content (AvgIpc) is 3.13. The van der Waals surface area contributed by atoms with Crippen molar-refractivity contribution in [3.8, 4) is 5.75 Å². The van der Waals surface area contributed by atoms with Crippen LogP contribution in [-0.4, -0.2) is 28.2 Å². The van der Waals surface area contributed by atoms with Crippen LogP contribution < -0.4 is 15.6 Å². The van der Waals surface area contributed by atoms with Gasteiger partial charge in [-0.2, -0.15) is 0 Å². The number of rotatable bonds is 8. The maximum absolute atomic E-state index is 12.6. The zero-order valence-electron chi connectivity index (χ0n) is 17.9. The van der Waals surface area contributed by atoms with Gasteiger partial charge in [0, 0.05) is 10.6 Å². The number of thiophene rings is 1. The number of aryl methyl sites for hydroxylation is 3. The monoisotopic (exact) mass is 457 g/mol. The van der Waals surface area contributed by atoms with Crippen LogP contribution >= 0.6 is 23.1 Å². The van der Waals surface area contributed by atoms with Crippen molar-refractivity contribution >= 4 is 44.9 Å². The summed E-state index contributed by atoms with van der Waals surface area (Å²) in [6.07, 6.45) is 5.30. The number of carbonyl (C=O) groups is 1. The summed E-state index contributed by atoms with van der Waals surface area (Å²) in [4.78, 5) is 34.7. The molecule has 8 heteroatoms. The second-order valence-corrected chi connectivity index (χ2v) is 9.84. The van der Waals surface area contributed by atoms with E-state index >= 15 is 0 Å². The van der Waals surface area contributed by atoms with Crippen LogP contribution in [0.15, 0.2) is 23.0 Å². The Morgan fingerprint density at radius 2 is 2.16 bits per heavy atom. The number of amides is 1. The van der Waals surface area contributed by atoms with Crippen LogP contribution in [-0.2, 0) is 23.4 Å². The van der Waals surface area contributed by atoms with Crippen molar-refractivity contribution in [3.63, 3.8) is 0 Å². The molecule has 1 aliphatic carbocycles. The molecule has 31 heavy (non-hydrogen) atoms. The molecule has 0 unspecified atom stereocenters. The van der Waals surface area contributed by atoms with E-state index in [1.165, 1.54) is 28.6 Å². The highest BCUT2D eigenvalue weighted by molar-refractivity contribution is 7.99. The van der Waals surface area contributed by atoms with Gasteiger partial charge in [0.05, 0.1) is 23.5 Å². The first-order chi connectivity index (χ1) is 15.0. The SMILES string of the molecule is CCCOc1ccc(NC(=O)CSCc2nc3sc4c(c3c(=O)[nH]2)CCCC4)c(C)c1. The molecule has 0 saturated heterocycles. The number of aromatic amines is 1. The number of benzene rings is 1. The minimum absolute atomic E-state index is 0.0505. The van der Waals surface area contributed by atoms with Gasteiger partial charge in [0.15, 0.2) is 0 Å². The minimum Gasteiger partial charge on any atom is -0.494 e. The number of fused-ring (bicyclic) bond motifs is 3. The van der Waals surface area contributed by atoms with Crippen molar-refractivity contribution in [2.24, 2.45) is 0 Å². The number of aromatic nitrogens is 2. The molecule has 0 bridgehead atoms. The topological polar surface area (TPSA) is 84.1 Å². The maximum Gasteiger partial charge on any atom is 0.259 e. The molecule has 3 aromatic rings. The smallest absolute Gasteiger partial charge is 0.259 e. The van der Waals surface area contributed by atoms with Crippen LogP contribution in [0.2, 0.25) is 0 Å². The standard InChI is InChI=1S/C23H27N3O3S2/c1-3-10-29-15-8-9-17(14(2)11-15)24-20(27)13-30-12-19-25-22(28)21-16-6-4-5-7-18(16)31-23(21)26-19/h8-9,11H,3-7,10,12-13H2,1-2H3,(H,24,27)(H,25,26,28). The van der Waals surface area contributed by atoms with E-state index < -0.39 is 0 Å². The van der Waals surface area contributed by atoms with E-state index in [1.807, 2.05) is 25.1 Å². The number of H-pyrrole nitrogens is 1. The second kappa shape index (κ2) is 9.87. The first-order valence-corrected chi connectivity index (χ1v) is 12.7. The summed E-state index contributed by atoms with van der Waals surface area (Å²) in [6.45, 7) is 4.69. The second-order valence-electron chi connectivity index (χ2n) is 7.77. The summed E-state index contributed by atoms with van der Waals surface area (Å²) in [5.74, 6) is 2.14. The van der Waals surface area contributed by atoms with Gasteiger partial charge in [0.1, 0.15) is 16.4 Å². The highest BCUT2D eigenvalue weighted by Crippen LogP contribution is 2.33. The number of carbonyl (C=O) groups excluding carboxylic acids is 1. The van der Waals surface area contributed by atoms with Gasteiger partial charge in [0.2, 0.25) is 5.91 Å². The molecule has 0 atom stereocenters. The van der Waals surface area contributed by atoms with E-state index in [2.05, 4.69) is 22.2 Å². The van der Waals surface area contributed by atoms with Crippen LogP contribution in [0.1, 0.15) is 48.0 Å². The maximum atomic E-state index is 12.6. The van der Waals surface area contributed by atoms with Gasteiger partial charge >= 0.3 is 0 Å². The Bertz CT molecular complexity index is 1150. The first-order valence-electron chi connectivity index (χ1n) is 10.7. The summed E-state index contributed by atoms with van der Waals surface area (Å²) < 4.78 is 5.62. The summed E-state index contributed by atoms with van der Waals surface area (Å²) >= 11 is 3.09. The van der Waals surface area contributed by atoms with Crippen LogP contribution in [0, 0.1) is 6.92 Å². The predicted molar refractivity (Wildman–Crippen MR) is 129 cm³/mol. The van der Waals surface area contributed by atoms with E-state index in [0.717, 1.165) is 52.9 Å². The molecule has 0 aliphatic heterocycles. The predicted octanol–water partition coefficient (Wildman–Crippen LogP) is 4.83. The van der Waals surface area contributed by atoms with Gasteiger partial charge in [-0.25, -0.2) is 4.98 Å². The summed E-state index contributed by atoms with van der Waals surface area (Å²) in [6, 6.07) is 5.67. The Morgan fingerprint density at radius 1 is 1.32 bits per heavy atom. The highest BCUT2D eigenvalue weighted by Gasteiger charge is 2.19. The van der Waals surface area contributed by atoms with Crippen molar-refractivity contribution in [1.82, 2.24) is 9.97 Å². The number of ether oxygens (including phenoxy) is 1. The normalized spacial score (nSPS) is 13.2. The lowest BCUT2D eigenvalue weighted by Crippen LogP contribution is -2.16. The van der Waals surface area contributed by atoms with Crippen molar-refractivity contribution in [1.29, 1.82) is 0 Å². The summed E-state index contributed by atoms with van der Waals surface area (Å²) in [5, 5.41) is 3.72. The third-order valence-corrected chi connectivity index (χ3v) is 7.42. The Kier molecular flexibility index (Phi) is 6.97. The fourth-order valence-corrected chi connectivity index (χ4v) is 5.76. The molecule has 2 aromatic heterocycles. The summed E-state index contributed by atoms with van der Waals surface area (Å²) in [5.41, 5.74) is 2.89. The lowest BCUT2D eigenvalue weighted by Gasteiger charge is -2.11. The molecule has 2 heterocycles. The third-order valence-electron chi connectivity index (χ3n) is 5.29. The first kappa shape index (κ1) is 21.9. The van der Waals surface area contributed by atoms with Crippen molar-refractivity contribution in [3.05, 3.63) is 50.4 Å². The summed E-state index contributed by atoms with van der Waals surface area (Å²) in [7, 11) is 0. The molecule has 0 saturated carbocycles. The number of thioether (sulfide) groups is 1. The largest absolute Gasteiger partial charge is 0.494 e. The molecule has 164 valence electrons. The van der Waals surface area contributed by atoms with Gasteiger partial charge < -0.3 is 15.0 Å². The molecule has 0 radical (unpaired) electrons. The lowest BCUT2D eigenvalue weighted by atomic mass is 9.97. The van der Waals surface area contributed by atoms with E-state index in [4.69, 9.17) is 4.74 Å². The van der Waals surface area contributed by atoms with E-state index in [0.29, 0.717) is 18.2 Å². The lowest BCUT2D eigenvalue weighted by molar-refractivity contribution is -0.113. The third kappa shape index (κ3) is 5.13. The fourth-order valence-electron chi connectivity index (χ4n) is 3.79. The Hall–Kier alpha value is -2.32. The molecule has 1 aromatic carbocycles. The molecule has 4 rings (SSSR count). The van der Waals surface area contributed by atoms with Gasteiger partial charge in [-0.3, -0.25) is 9.59 Å². The quantitative estimate of drug-likeness (QED) is 0.506. The molecule has 0 fully saturated rings. The number of nitrogens with one attached hydrogen (secondary N) is 2.